The van der Waals surface area contributed by atoms with Gasteiger partial charge in [0, 0.05) is 6.54 Å². The summed E-state index contributed by atoms with van der Waals surface area (Å²) in [6.45, 7) is 6.82. The summed E-state index contributed by atoms with van der Waals surface area (Å²) in [5.41, 5.74) is 0. The summed E-state index contributed by atoms with van der Waals surface area (Å²) in [7, 11) is 0. The molecular weight excluding hydrogens is 252 g/mol. The summed E-state index contributed by atoms with van der Waals surface area (Å²) >= 11 is 0. The molecule has 4 unspecified atom stereocenters. The number of nitrogens with one attached hydrogen (secondary N) is 1. The van der Waals surface area contributed by atoms with Crippen LogP contribution in [-0.2, 0) is 9.59 Å². The molecule has 2 fully saturated rings. The van der Waals surface area contributed by atoms with E-state index in [9.17, 15) is 9.59 Å². The maximum atomic E-state index is 12.3. The molecule has 20 heavy (non-hydrogen) atoms. The molecule has 0 aromatic heterocycles. The topological polar surface area (TPSA) is 49.4 Å². The maximum absolute atomic E-state index is 12.3. The fourth-order valence-electron chi connectivity index (χ4n) is 3.73. The quantitative estimate of drug-likeness (QED) is 0.859. The lowest BCUT2D eigenvalue weighted by Crippen LogP contribution is -2.62. The predicted octanol–water partition coefficient (Wildman–Crippen LogP) is 2.33. The molecule has 1 saturated heterocycles. The van der Waals surface area contributed by atoms with Gasteiger partial charge in [0.25, 0.3) is 0 Å². The molecule has 4 atom stereocenters. The molecule has 1 saturated carbocycles. The zero-order chi connectivity index (χ0) is 14.7. The molecule has 2 rings (SSSR count). The Hall–Kier alpha value is -1.06. The van der Waals surface area contributed by atoms with E-state index in [1.54, 1.807) is 6.92 Å². The molecule has 0 bridgehead atoms. The highest BCUT2D eigenvalue weighted by Crippen LogP contribution is 2.31. The fraction of sp³-hybridized carbons (Fsp3) is 0.875. The molecule has 114 valence electrons. The van der Waals surface area contributed by atoms with Crippen molar-refractivity contribution in [3.8, 4) is 0 Å². The molecule has 1 heterocycles. The van der Waals surface area contributed by atoms with E-state index in [-0.39, 0.29) is 23.9 Å². The second-order valence-electron chi connectivity index (χ2n) is 6.61. The van der Waals surface area contributed by atoms with Crippen LogP contribution in [0.4, 0.5) is 0 Å². The first-order valence-corrected chi connectivity index (χ1v) is 8.13. The van der Waals surface area contributed by atoms with Crippen LogP contribution in [0.1, 0.15) is 59.3 Å². The molecule has 0 radical (unpaired) electrons. The van der Waals surface area contributed by atoms with E-state index in [4.69, 9.17) is 0 Å². The number of carbonyl (C=O) groups is 2. The normalized spacial score (nSPS) is 35.0. The molecule has 2 aliphatic rings. The zero-order valence-electron chi connectivity index (χ0n) is 13.0. The summed E-state index contributed by atoms with van der Waals surface area (Å²) in [5.74, 6) is 1.64. The van der Waals surface area contributed by atoms with Crippen LogP contribution in [0.5, 0.6) is 0 Å². The highest BCUT2D eigenvalue weighted by Gasteiger charge is 2.37. The van der Waals surface area contributed by atoms with Crippen LogP contribution in [0.3, 0.4) is 0 Å². The highest BCUT2D eigenvalue weighted by atomic mass is 16.2. The van der Waals surface area contributed by atoms with Crippen molar-refractivity contribution in [1.29, 1.82) is 0 Å². The molecule has 0 spiro atoms. The summed E-state index contributed by atoms with van der Waals surface area (Å²) in [6.07, 6.45) is 6.97. The second kappa shape index (κ2) is 6.59. The van der Waals surface area contributed by atoms with Gasteiger partial charge in [-0.1, -0.05) is 33.1 Å². The Kier molecular flexibility index (Phi) is 5.06. The van der Waals surface area contributed by atoms with Crippen LogP contribution in [0.2, 0.25) is 0 Å². The number of nitrogens with zero attached hydrogens (tertiary/aromatic N) is 1. The number of piperazine rings is 1. The van der Waals surface area contributed by atoms with Crippen LogP contribution in [-0.4, -0.2) is 35.3 Å². The lowest BCUT2D eigenvalue weighted by atomic mass is 9.80. The lowest BCUT2D eigenvalue weighted by molar-refractivity contribution is -0.149. The predicted molar refractivity (Wildman–Crippen MR) is 79.1 cm³/mol. The molecule has 1 aliphatic carbocycles. The van der Waals surface area contributed by atoms with Crippen LogP contribution in [0, 0.1) is 11.8 Å². The van der Waals surface area contributed by atoms with Gasteiger partial charge in [-0.05, 0) is 38.0 Å². The average Bonchev–Trinajstić information content (AvgIpc) is 2.41. The van der Waals surface area contributed by atoms with Gasteiger partial charge in [0.15, 0.2) is 0 Å². The van der Waals surface area contributed by atoms with Crippen LogP contribution < -0.4 is 5.32 Å². The lowest BCUT2D eigenvalue weighted by Gasteiger charge is -2.38. The largest absolute Gasteiger partial charge is 0.343 e. The molecule has 1 aliphatic heterocycles. The standard InChI is InChI=1S/C16H28N2O2/c1-4-14-15(19)17-12(3)16(20)18(14)9-8-13-7-5-6-11(2)10-13/h11-14H,4-10H2,1-3H3,(H,17,19). The molecule has 4 nitrogen and oxygen atoms in total. The first-order valence-electron chi connectivity index (χ1n) is 8.13. The van der Waals surface area contributed by atoms with E-state index in [0.717, 1.165) is 24.8 Å². The minimum absolute atomic E-state index is 0.0108. The van der Waals surface area contributed by atoms with Crippen molar-refractivity contribution in [2.75, 3.05) is 6.54 Å². The Morgan fingerprint density at radius 1 is 1.25 bits per heavy atom. The fourth-order valence-corrected chi connectivity index (χ4v) is 3.73. The van der Waals surface area contributed by atoms with E-state index in [2.05, 4.69) is 12.2 Å². The minimum atomic E-state index is -0.365. The number of rotatable bonds is 4. The Bertz CT molecular complexity index is 369. The van der Waals surface area contributed by atoms with E-state index < -0.39 is 0 Å². The average molecular weight is 280 g/mol. The monoisotopic (exact) mass is 280 g/mol. The van der Waals surface area contributed by atoms with Gasteiger partial charge >= 0.3 is 0 Å². The van der Waals surface area contributed by atoms with Gasteiger partial charge in [0.2, 0.25) is 11.8 Å². The highest BCUT2D eigenvalue weighted by molar-refractivity contribution is 5.96. The van der Waals surface area contributed by atoms with Gasteiger partial charge in [-0.15, -0.1) is 0 Å². The molecule has 2 amide bonds. The van der Waals surface area contributed by atoms with Gasteiger partial charge in [-0.3, -0.25) is 9.59 Å². The number of carbonyl (C=O) groups excluding carboxylic acids is 2. The second-order valence-corrected chi connectivity index (χ2v) is 6.61. The Labute approximate surface area is 122 Å². The smallest absolute Gasteiger partial charge is 0.245 e. The first-order chi connectivity index (χ1) is 9.52. The van der Waals surface area contributed by atoms with Crippen molar-refractivity contribution >= 4 is 11.8 Å². The molecule has 1 N–H and O–H groups in total. The minimum Gasteiger partial charge on any atom is -0.343 e. The Morgan fingerprint density at radius 2 is 2.00 bits per heavy atom. The number of amides is 2. The van der Waals surface area contributed by atoms with Crippen molar-refractivity contribution in [3.05, 3.63) is 0 Å². The van der Waals surface area contributed by atoms with E-state index in [1.807, 2.05) is 11.8 Å². The van der Waals surface area contributed by atoms with Gasteiger partial charge in [0.05, 0.1) is 0 Å². The molecule has 4 heteroatoms. The van der Waals surface area contributed by atoms with Gasteiger partial charge in [-0.25, -0.2) is 0 Å². The molecule has 0 aromatic rings. The third-order valence-electron chi connectivity index (χ3n) is 4.90. The van der Waals surface area contributed by atoms with Crippen LogP contribution in [0.25, 0.3) is 0 Å². The van der Waals surface area contributed by atoms with Crippen LogP contribution >= 0.6 is 0 Å². The number of hydrogen-bond acceptors (Lipinski definition) is 2. The first kappa shape index (κ1) is 15.3. The summed E-state index contributed by atoms with van der Waals surface area (Å²) in [6, 6.07) is -0.629. The summed E-state index contributed by atoms with van der Waals surface area (Å²) in [4.78, 5) is 26.1. The summed E-state index contributed by atoms with van der Waals surface area (Å²) in [5, 5.41) is 2.77. The Morgan fingerprint density at radius 3 is 2.65 bits per heavy atom. The van der Waals surface area contributed by atoms with Crippen molar-refractivity contribution < 1.29 is 9.59 Å². The van der Waals surface area contributed by atoms with Gasteiger partial charge < -0.3 is 10.2 Å². The van der Waals surface area contributed by atoms with Gasteiger partial charge in [-0.2, -0.15) is 0 Å². The van der Waals surface area contributed by atoms with Gasteiger partial charge in [0.1, 0.15) is 12.1 Å². The van der Waals surface area contributed by atoms with E-state index in [1.165, 1.54) is 25.7 Å². The van der Waals surface area contributed by atoms with E-state index >= 15 is 0 Å². The van der Waals surface area contributed by atoms with Crippen molar-refractivity contribution in [1.82, 2.24) is 10.2 Å². The summed E-state index contributed by atoms with van der Waals surface area (Å²) < 4.78 is 0. The number of hydrogen-bond donors (Lipinski definition) is 1. The maximum Gasteiger partial charge on any atom is 0.245 e. The Balaban J connectivity index is 1.94. The third-order valence-corrected chi connectivity index (χ3v) is 4.90. The SMILES string of the molecule is CCC1C(=O)NC(C)C(=O)N1CCC1CCCC(C)C1. The van der Waals surface area contributed by atoms with Crippen molar-refractivity contribution in [2.45, 2.75) is 71.4 Å². The zero-order valence-corrected chi connectivity index (χ0v) is 13.0. The van der Waals surface area contributed by atoms with Crippen LogP contribution in [0.15, 0.2) is 0 Å². The molecule has 0 aromatic carbocycles. The third kappa shape index (κ3) is 3.33. The van der Waals surface area contributed by atoms with E-state index in [0.29, 0.717) is 6.42 Å². The van der Waals surface area contributed by atoms with Crippen molar-refractivity contribution in [3.63, 3.8) is 0 Å². The van der Waals surface area contributed by atoms with Crippen molar-refractivity contribution in [2.24, 2.45) is 11.8 Å². The molecular formula is C16H28N2O2.